The second-order valence-electron chi connectivity index (χ2n) is 27.0. The standard InChI is InChI=1S/C79H146O17P2/c1-5-9-13-17-21-25-29-33-36-40-43-47-51-55-59-63-76(81)89-69-74(95-78(83)65-61-57-53-49-45-39-32-28-24-20-16-12-8-4)71-93-97(85,86)91-67-73(80)68-92-98(87,88)94-72-75(96-79(84)66-62-58-54-50-46-42-38-35-31-27-23-19-15-11-7-3)70-90-77(82)64-60-56-52-48-44-41-37-34-30-26-22-18-14-10-6-2/h22,26-27,31,33-34,36-37,73-75,80H,5-21,23-25,28-30,32,35,38-72H2,1-4H3,(H,85,86)(H,87,88). The molecule has 0 amide bonds. The van der Waals surface area contributed by atoms with Crippen LogP contribution in [0.15, 0.2) is 48.6 Å². The maximum Gasteiger partial charge on any atom is 0.472 e. The predicted octanol–water partition coefficient (Wildman–Crippen LogP) is 22.9. The van der Waals surface area contributed by atoms with Gasteiger partial charge in [-0.1, -0.05) is 288 Å². The van der Waals surface area contributed by atoms with Crippen LogP contribution in [0.4, 0.5) is 0 Å². The molecule has 0 saturated carbocycles. The summed E-state index contributed by atoms with van der Waals surface area (Å²) in [5.74, 6) is -2.17. The molecule has 5 atom stereocenters. The molecule has 0 aliphatic rings. The summed E-state index contributed by atoms with van der Waals surface area (Å²) in [6, 6.07) is 0. The number of allylic oxidation sites excluding steroid dienone is 8. The molecule has 0 rings (SSSR count). The number of hydrogen-bond acceptors (Lipinski definition) is 15. The molecule has 0 heterocycles. The van der Waals surface area contributed by atoms with Gasteiger partial charge in [0.25, 0.3) is 0 Å². The highest BCUT2D eigenvalue weighted by molar-refractivity contribution is 7.47. The van der Waals surface area contributed by atoms with Crippen molar-refractivity contribution in [1.29, 1.82) is 0 Å². The molecule has 0 aromatic heterocycles. The van der Waals surface area contributed by atoms with Crippen LogP contribution in [0.2, 0.25) is 0 Å². The fourth-order valence-electron chi connectivity index (χ4n) is 11.1. The third-order valence-corrected chi connectivity index (χ3v) is 19.2. The van der Waals surface area contributed by atoms with Gasteiger partial charge in [-0.3, -0.25) is 37.3 Å². The second kappa shape index (κ2) is 72.4. The van der Waals surface area contributed by atoms with E-state index in [1.165, 1.54) is 135 Å². The SMILES string of the molecule is CCCCCC=CCC=CCCCCCCCC(=O)OCC(COP(=O)(O)OCC(O)COP(=O)(O)OCC(COC(=O)CCCCCCCC=CCCCCCCCC)OC(=O)CCCCCCCCCCCCCCC)OC(=O)CCCCCCCCCC=CCCCCCC. The van der Waals surface area contributed by atoms with Crippen LogP contribution in [0.5, 0.6) is 0 Å². The molecule has 0 aromatic rings. The lowest BCUT2D eigenvalue weighted by Crippen LogP contribution is -2.30. The van der Waals surface area contributed by atoms with E-state index in [2.05, 4.69) is 76.3 Å². The van der Waals surface area contributed by atoms with Crippen LogP contribution in [0.1, 0.15) is 374 Å². The summed E-state index contributed by atoms with van der Waals surface area (Å²) in [6.07, 6.45) is 69.4. The van der Waals surface area contributed by atoms with E-state index in [-0.39, 0.29) is 25.7 Å². The molecule has 0 aliphatic carbocycles. The molecular weight excluding hydrogens is 1280 g/mol. The van der Waals surface area contributed by atoms with Crippen molar-refractivity contribution >= 4 is 39.5 Å². The number of ether oxygens (including phenoxy) is 4. The summed E-state index contributed by atoms with van der Waals surface area (Å²) in [5.41, 5.74) is 0. The molecule has 0 aliphatic heterocycles. The van der Waals surface area contributed by atoms with Crippen LogP contribution in [0, 0.1) is 0 Å². The van der Waals surface area contributed by atoms with Gasteiger partial charge in [-0.15, -0.1) is 0 Å². The van der Waals surface area contributed by atoms with Gasteiger partial charge in [0, 0.05) is 25.7 Å². The smallest absolute Gasteiger partial charge is 0.462 e. The topological polar surface area (TPSA) is 237 Å². The third-order valence-electron chi connectivity index (χ3n) is 17.3. The number of aliphatic hydroxyl groups excluding tert-OH is 1. The summed E-state index contributed by atoms with van der Waals surface area (Å²) >= 11 is 0. The molecule has 0 bridgehead atoms. The Morgan fingerprint density at radius 1 is 0.286 bits per heavy atom. The van der Waals surface area contributed by atoms with Gasteiger partial charge in [-0.25, -0.2) is 9.13 Å². The fourth-order valence-corrected chi connectivity index (χ4v) is 12.7. The minimum absolute atomic E-state index is 0.0917. The summed E-state index contributed by atoms with van der Waals surface area (Å²) < 4.78 is 68.6. The highest BCUT2D eigenvalue weighted by Crippen LogP contribution is 2.45. The summed E-state index contributed by atoms with van der Waals surface area (Å²) in [5, 5.41) is 10.6. The van der Waals surface area contributed by atoms with Gasteiger partial charge in [0.05, 0.1) is 26.4 Å². The minimum atomic E-state index is -4.97. The van der Waals surface area contributed by atoms with Gasteiger partial charge < -0.3 is 33.8 Å². The van der Waals surface area contributed by atoms with E-state index in [0.717, 1.165) is 161 Å². The second-order valence-corrected chi connectivity index (χ2v) is 29.9. The molecule has 574 valence electrons. The zero-order valence-corrected chi connectivity index (χ0v) is 64.5. The van der Waals surface area contributed by atoms with E-state index < -0.39 is 97.5 Å². The van der Waals surface area contributed by atoms with E-state index in [4.69, 9.17) is 37.0 Å². The first-order valence-corrected chi connectivity index (χ1v) is 42.9. The van der Waals surface area contributed by atoms with Gasteiger partial charge in [0.1, 0.15) is 19.3 Å². The number of aliphatic hydroxyl groups is 1. The van der Waals surface area contributed by atoms with E-state index in [0.29, 0.717) is 25.7 Å². The highest BCUT2D eigenvalue weighted by atomic mass is 31.2. The van der Waals surface area contributed by atoms with Crippen LogP contribution >= 0.6 is 15.6 Å². The number of carbonyl (C=O) groups is 4. The lowest BCUT2D eigenvalue weighted by Gasteiger charge is -2.21. The Labute approximate surface area is 597 Å². The molecule has 0 aromatic carbocycles. The monoisotopic (exact) mass is 1430 g/mol. The maximum absolute atomic E-state index is 13.1. The van der Waals surface area contributed by atoms with Gasteiger partial charge in [-0.2, -0.15) is 0 Å². The number of esters is 4. The number of unbranched alkanes of at least 4 members (excludes halogenated alkanes) is 42. The van der Waals surface area contributed by atoms with E-state index in [1.807, 2.05) is 0 Å². The Morgan fingerprint density at radius 2 is 0.500 bits per heavy atom. The van der Waals surface area contributed by atoms with Gasteiger partial charge in [-0.05, 0) is 109 Å². The molecule has 17 nitrogen and oxygen atoms in total. The zero-order chi connectivity index (χ0) is 71.8. The summed E-state index contributed by atoms with van der Waals surface area (Å²) in [7, 11) is -9.94. The number of phosphoric ester groups is 2. The van der Waals surface area contributed by atoms with Crippen molar-refractivity contribution in [2.24, 2.45) is 0 Å². The number of carbonyl (C=O) groups excluding carboxylic acids is 4. The number of rotatable bonds is 76. The van der Waals surface area contributed by atoms with Crippen LogP contribution in [-0.2, 0) is 65.4 Å². The quantitative estimate of drug-likeness (QED) is 0.0169. The normalized spacial score (nSPS) is 14.2. The Bertz CT molecular complexity index is 2050. The highest BCUT2D eigenvalue weighted by Gasteiger charge is 2.30. The van der Waals surface area contributed by atoms with E-state index in [9.17, 15) is 43.2 Å². The number of hydrogen-bond donors (Lipinski definition) is 3. The first-order valence-electron chi connectivity index (χ1n) is 39.9. The third kappa shape index (κ3) is 71.4. The van der Waals surface area contributed by atoms with Gasteiger partial charge in [0.15, 0.2) is 12.2 Å². The molecule has 0 radical (unpaired) electrons. The van der Waals surface area contributed by atoms with Crippen molar-refractivity contribution in [3.63, 3.8) is 0 Å². The largest absolute Gasteiger partial charge is 0.472 e. The first-order chi connectivity index (χ1) is 47.7. The average Bonchev–Trinajstić information content (AvgIpc) is 1.04. The molecule has 3 N–H and O–H groups in total. The Hall–Kier alpha value is -2.98. The lowest BCUT2D eigenvalue weighted by atomic mass is 10.0. The molecular formula is C79H146O17P2. The van der Waals surface area contributed by atoms with Crippen molar-refractivity contribution in [3.8, 4) is 0 Å². The van der Waals surface area contributed by atoms with Crippen molar-refractivity contribution < 1.29 is 80.2 Å². The Kier molecular flexibility index (Phi) is 70.2. The molecule has 0 spiro atoms. The molecule has 0 saturated heterocycles. The molecule has 19 heteroatoms. The Balaban J connectivity index is 5.32. The zero-order valence-electron chi connectivity index (χ0n) is 62.7. The predicted molar refractivity (Wildman–Crippen MR) is 400 cm³/mol. The Morgan fingerprint density at radius 3 is 0.796 bits per heavy atom. The van der Waals surface area contributed by atoms with Crippen molar-refractivity contribution in [2.75, 3.05) is 39.6 Å². The number of phosphoric acid groups is 2. The van der Waals surface area contributed by atoms with Gasteiger partial charge in [0.2, 0.25) is 0 Å². The minimum Gasteiger partial charge on any atom is -0.462 e. The van der Waals surface area contributed by atoms with E-state index in [1.54, 1.807) is 0 Å². The molecule has 0 fully saturated rings. The maximum atomic E-state index is 13.1. The van der Waals surface area contributed by atoms with Crippen LogP contribution in [0.25, 0.3) is 0 Å². The fraction of sp³-hybridized carbons (Fsp3) is 0.848. The lowest BCUT2D eigenvalue weighted by molar-refractivity contribution is -0.161. The van der Waals surface area contributed by atoms with Crippen LogP contribution < -0.4 is 0 Å². The van der Waals surface area contributed by atoms with Crippen LogP contribution in [0.3, 0.4) is 0 Å². The van der Waals surface area contributed by atoms with Crippen molar-refractivity contribution in [1.82, 2.24) is 0 Å². The summed E-state index contributed by atoms with van der Waals surface area (Å²) in [4.78, 5) is 72.9. The van der Waals surface area contributed by atoms with E-state index >= 15 is 0 Å². The van der Waals surface area contributed by atoms with Gasteiger partial charge >= 0.3 is 39.5 Å². The molecule has 98 heavy (non-hydrogen) atoms. The van der Waals surface area contributed by atoms with Crippen molar-refractivity contribution in [2.45, 2.75) is 393 Å². The summed E-state index contributed by atoms with van der Waals surface area (Å²) in [6.45, 7) is 4.88. The first kappa shape index (κ1) is 95.0. The average molecular weight is 1430 g/mol. The van der Waals surface area contributed by atoms with Crippen molar-refractivity contribution in [3.05, 3.63) is 48.6 Å². The molecule has 5 unspecified atom stereocenters. The van der Waals surface area contributed by atoms with Crippen LogP contribution in [-0.4, -0.2) is 96.7 Å².